The molecule has 6 heteroatoms. The van der Waals surface area contributed by atoms with Crippen LogP contribution in [0.15, 0.2) is 18.5 Å². The fraction of sp³-hybridized carbons (Fsp3) is 0.600. The molecule has 0 unspecified atom stereocenters. The van der Waals surface area contributed by atoms with Crippen molar-refractivity contribution >= 4 is 16.7 Å². The topological polar surface area (TPSA) is 47.5 Å². The average Bonchev–Trinajstić information content (AvgIpc) is 3.19. The van der Waals surface area contributed by atoms with Gasteiger partial charge in [-0.3, -0.25) is 0 Å². The van der Waals surface area contributed by atoms with E-state index in [9.17, 15) is 4.39 Å². The molecule has 0 spiro atoms. The van der Waals surface area contributed by atoms with Crippen molar-refractivity contribution < 1.29 is 13.9 Å². The number of nitrogens with zero attached hydrogens (tertiary/aromatic N) is 3. The lowest BCUT2D eigenvalue weighted by atomic mass is 10.1. The zero-order valence-corrected chi connectivity index (χ0v) is 15.3. The molecule has 0 atom stereocenters. The average molecular weight is 359 g/mol. The first-order valence-electron chi connectivity index (χ1n) is 9.59. The summed E-state index contributed by atoms with van der Waals surface area (Å²) in [4.78, 5) is 10.9. The Bertz CT molecular complexity index is 756. The molecule has 2 aliphatic rings. The Morgan fingerprint density at radius 3 is 2.62 bits per heavy atom. The van der Waals surface area contributed by atoms with Crippen LogP contribution in [0.2, 0.25) is 0 Å². The molecule has 4 rings (SSSR count). The normalized spacial score (nSPS) is 19.4. The molecule has 1 aliphatic heterocycles. The number of halogens is 1. The van der Waals surface area contributed by atoms with E-state index in [1.54, 1.807) is 6.07 Å². The molecule has 0 amide bonds. The van der Waals surface area contributed by atoms with Crippen LogP contribution in [0.1, 0.15) is 38.5 Å². The molecule has 5 nitrogen and oxygen atoms in total. The summed E-state index contributed by atoms with van der Waals surface area (Å²) in [5.41, 5.74) is 0.605. The van der Waals surface area contributed by atoms with Gasteiger partial charge in [0.15, 0.2) is 11.6 Å². The second kappa shape index (κ2) is 7.74. The molecule has 1 aromatic carbocycles. The van der Waals surface area contributed by atoms with Crippen LogP contribution in [0.25, 0.3) is 10.9 Å². The third-order valence-electron chi connectivity index (χ3n) is 5.67. The first-order valence-corrected chi connectivity index (χ1v) is 9.59. The predicted molar refractivity (Wildman–Crippen MR) is 99.2 cm³/mol. The third kappa shape index (κ3) is 3.61. The van der Waals surface area contributed by atoms with E-state index in [4.69, 9.17) is 9.47 Å². The lowest BCUT2D eigenvalue weighted by molar-refractivity contribution is 0.0164. The number of hydrogen-bond acceptors (Lipinski definition) is 5. The van der Waals surface area contributed by atoms with Gasteiger partial charge in [0, 0.05) is 31.1 Å². The molecule has 1 saturated heterocycles. The van der Waals surface area contributed by atoms with E-state index in [-0.39, 0.29) is 5.75 Å². The fourth-order valence-corrected chi connectivity index (χ4v) is 4.14. The van der Waals surface area contributed by atoms with Crippen LogP contribution in [0, 0.1) is 11.7 Å². The van der Waals surface area contributed by atoms with E-state index < -0.39 is 5.82 Å². The number of benzene rings is 1. The summed E-state index contributed by atoms with van der Waals surface area (Å²) in [6.07, 6.45) is 9.20. The van der Waals surface area contributed by atoms with Gasteiger partial charge in [-0.15, -0.1) is 0 Å². The van der Waals surface area contributed by atoms with Crippen LogP contribution in [-0.2, 0) is 4.74 Å². The van der Waals surface area contributed by atoms with E-state index in [0.29, 0.717) is 11.6 Å². The van der Waals surface area contributed by atoms with Crippen LogP contribution in [-0.4, -0.2) is 42.9 Å². The van der Waals surface area contributed by atoms with Gasteiger partial charge >= 0.3 is 0 Å². The lowest BCUT2D eigenvalue weighted by Crippen LogP contribution is -2.38. The van der Waals surface area contributed by atoms with Gasteiger partial charge in [0.1, 0.15) is 12.1 Å². The number of ether oxygens (including phenoxy) is 2. The van der Waals surface area contributed by atoms with Gasteiger partial charge in [0.05, 0.1) is 18.7 Å². The Balaban J connectivity index is 1.43. The molecule has 1 saturated carbocycles. The third-order valence-corrected chi connectivity index (χ3v) is 5.67. The van der Waals surface area contributed by atoms with Crippen molar-refractivity contribution in [2.45, 2.75) is 44.6 Å². The highest BCUT2D eigenvalue weighted by Gasteiger charge is 2.24. The molecule has 140 valence electrons. The number of aromatic nitrogens is 2. The summed E-state index contributed by atoms with van der Waals surface area (Å²) in [6.45, 7) is 2.69. The maximum Gasteiger partial charge on any atom is 0.167 e. The zero-order chi connectivity index (χ0) is 17.9. The number of fused-ring (bicyclic) bond motifs is 1. The van der Waals surface area contributed by atoms with Gasteiger partial charge in [-0.2, -0.15) is 0 Å². The van der Waals surface area contributed by atoms with Crippen LogP contribution in [0.5, 0.6) is 5.75 Å². The SMILES string of the molecule is COc1cc2c(N3CCC(OCC4CCCC4)CC3)ncnc2cc1F. The minimum atomic E-state index is -0.399. The highest BCUT2D eigenvalue weighted by Crippen LogP contribution is 2.31. The monoisotopic (exact) mass is 359 g/mol. The lowest BCUT2D eigenvalue weighted by Gasteiger charge is -2.33. The van der Waals surface area contributed by atoms with Crippen molar-refractivity contribution in [1.29, 1.82) is 0 Å². The Kier molecular flexibility index (Phi) is 5.20. The standard InChI is InChI=1S/C20H26FN3O2/c1-25-19-10-16-18(11-17(19)21)22-13-23-20(16)24-8-6-15(7-9-24)26-12-14-4-2-3-5-14/h10-11,13-15H,2-9,12H2,1H3. The van der Waals surface area contributed by atoms with Gasteiger partial charge in [0.25, 0.3) is 0 Å². The van der Waals surface area contributed by atoms with Crippen molar-refractivity contribution in [1.82, 2.24) is 9.97 Å². The molecule has 1 aromatic heterocycles. The van der Waals surface area contributed by atoms with Gasteiger partial charge < -0.3 is 14.4 Å². The van der Waals surface area contributed by atoms with Gasteiger partial charge in [-0.05, 0) is 37.7 Å². The maximum absolute atomic E-state index is 13.9. The molecule has 0 bridgehead atoms. The molecule has 0 radical (unpaired) electrons. The Morgan fingerprint density at radius 2 is 1.88 bits per heavy atom. The van der Waals surface area contributed by atoms with Gasteiger partial charge in [-0.25, -0.2) is 14.4 Å². The van der Waals surface area contributed by atoms with Crippen molar-refractivity contribution in [2.75, 3.05) is 31.7 Å². The molecule has 1 aliphatic carbocycles. The highest BCUT2D eigenvalue weighted by atomic mass is 19.1. The number of piperidine rings is 1. The minimum absolute atomic E-state index is 0.225. The summed E-state index contributed by atoms with van der Waals surface area (Å²) in [7, 11) is 1.47. The first-order chi connectivity index (χ1) is 12.7. The van der Waals surface area contributed by atoms with E-state index in [0.717, 1.165) is 49.7 Å². The summed E-state index contributed by atoms with van der Waals surface area (Å²) in [6, 6.07) is 3.11. The number of hydrogen-bond donors (Lipinski definition) is 0. The maximum atomic E-state index is 13.9. The van der Waals surface area contributed by atoms with E-state index in [2.05, 4.69) is 14.9 Å². The molecule has 26 heavy (non-hydrogen) atoms. The number of anilines is 1. The molecule has 2 aromatic rings. The summed E-state index contributed by atoms with van der Waals surface area (Å²) < 4.78 is 25.2. The van der Waals surface area contributed by atoms with Crippen LogP contribution in [0.4, 0.5) is 10.2 Å². The van der Waals surface area contributed by atoms with Crippen LogP contribution >= 0.6 is 0 Å². The van der Waals surface area contributed by atoms with Crippen molar-refractivity contribution in [3.8, 4) is 5.75 Å². The summed E-state index contributed by atoms with van der Waals surface area (Å²) >= 11 is 0. The second-order valence-corrected chi connectivity index (χ2v) is 7.37. The van der Waals surface area contributed by atoms with Crippen molar-refractivity contribution in [2.24, 2.45) is 5.92 Å². The largest absolute Gasteiger partial charge is 0.494 e. The van der Waals surface area contributed by atoms with Gasteiger partial charge in [0.2, 0.25) is 0 Å². The van der Waals surface area contributed by atoms with E-state index in [1.807, 2.05) is 0 Å². The van der Waals surface area contributed by atoms with Crippen LogP contribution < -0.4 is 9.64 Å². The Labute approximate surface area is 153 Å². The predicted octanol–water partition coefficient (Wildman–Crippen LogP) is 3.95. The quantitative estimate of drug-likeness (QED) is 0.809. The highest BCUT2D eigenvalue weighted by molar-refractivity contribution is 5.90. The minimum Gasteiger partial charge on any atom is -0.494 e. The molecular weight excluding hydrogens is 333 g/mol. The molecule has 2 heterocycles. The van der Waals surface area contributed by atoms with E-state index in [1.165, 1.54) is 45.2 Å². The smallest absolute Gasteiger partial charge is 0.167 e. The molecule has 2 fully saturated rings. The Hall–Kier alpha value is -1.95. The molecular formula is C20H26FN3O2. The Morgan fingerprint density at radius 1 is 1.12 bits per heavy atom. The fourth-order valence-electron chi connectivity index (χ4n) is 4.14. The van der Waals surface area contributed by atoms with E-state index >= 15 is 0 Å². The summed E-state index contributed by atoms with van der Waals surface area (Å²) in [5, 5.41) is 0.830. The van der Waals surface area contributed by atoms with Crippen molar-refractivity contribution in [3.05, 3.63) is 24.3 Å². The van der Waals surface area contributed by atoms with Crippen molar-refractivity contribution in [3.63, 3.8) is 0 Å². The number of methoxy groups -OCH3 is 1. The number of rotatable bonds is 5. The first kappa shape index (κ1) is 17.5. The zero-order valence-electron chi connectivity index (χ0n) is 15.3. The van der Waals surface area contributed by atoms with Gasteiger partial charge in [-0.1, -0.05) is 12.8 Å². The molecule has 0 N–H and O–H groups in total. The second-order valence-electron chi connectivity index (χ2n) is 7.37. The van der Waals surface area contributed by atoms with Crippen LogP contribution in [0.3, 0.4) is 0 Å². The summed E-state index contributed by atoms with van der Waals surface area (Å²) in [5.74, 6) is 1.44.